The molecule has 26 heavy (non-hydrogen) atoms. The maximum atomic E-state index is 12.4. The van der Waals surface area contributed by atoms with Crippen molar-refractivity contribution in [2.75, 3.05) is 11.9 Å². The molecule has 136 valence electrons. The fourth-order valence-corrected chi connectivity index (χ4v) is 2.38. The summed E-state index contributed by atoms with van der Waals surface area (Å²) < 4.78 is 10.3. The van der Waals surface area contributed by atoms with Crippen molar-refractivity contribution in [2.45, 2.75) is 26.4 Å². The van der Waals surface area contributed by atoms with Gasteiger partial charge in [-0.25, -0.2) is 4.73 Å². The second-order valence-corrected chi connectivity index (χ2v) is 5.82. The van der Waals surface area contributed by atoms with Crippen LogP contribution in [0.1, 0.15) is 20.3 Å². The van der Waals surface area contributed by atoms with E-state index in [0.717, 1.165) is 0 Å². The minimum atomic E-state index is -0.404. The molecule has 1 N–H and O–H groups in total. The van der Waals surface area contributed by atoms with Crippen molar-refractivity contribution >= 4 is 23.0 Å². The lowest BCUT2D eigenvalue weighted by Crippen LogP contribution is -2.44. The Morgan fingerprint density at radius 3 is 2.81 bits per heavy atom. The molecule has 0 aliphatic heterocycles. The third-order valence-electron chi connectivity index (χ3n) is 3.52. The van der Waals surface area contributed by atoms with E-state index in [0.29, 0.717) is 20.7 Å². The molecule has 0 atom stereocenters. The average Bonchev–Trinajstić information content (AvgIpc) is 3.12. The maximum Gasteiger partial charge on any atom is 0.460 e. The highest BCUT2D eigenvalue weighted by molar-refractivity contribution is 5.77. The number of fused-ring (bicyclic) bond motifs is 1. The number of nitrogens with zero attached hydrogens (tertiary/aromatic N) is 4. The quantitative estimate of drug-likeness (QED) is 0.390. The Balaban J connectivity index is 1.81. The highest BCUT2D eigenvalue weighted by Gasteiger charge is 2.21. The Bertz CT molecular complexity index is 926. The topological polar surface area (TPSA) is 131 Å². The number of hydrogen-bond acceptors (Lipinski definition) is 8. The van der Waals surface area contributed by atoms with Crippen molar-refractivity contribution in [3.05, 3.63) is 41.1 Å². The molecule has 0 bridgehead atoms. The molecule has 0 aliphatic rings. The second-order valence-electron chi connectivity index (χ2n) is 5.82. The molecule has 0 unspecified atom stereocenters. The van der Waals surface area contributed by atoms with E-state index in [9.17, 15) is 15.2 Å². The number of benzene rings is 1. The molecule has 0 aliphatic carbocycles. The minimum Gasteiger partial charge on any atom is -0.739 e. The normalized spacial score (nSPS) is 11.0. The largest absolute Gasteiger partial charge is 0.739 e. The molecule has 1 aromatic carbocycles. The third kappa shape index (κ3) is 3.63. The first-order valence-corrected chi connectivity index (χ1v) is 7.96. The van der Waals surface area contributed by atoms with Crippen LogP contribution in [0.4, 0.5) is 5.95 Å². The molecule has 0 radical (unpaired) electrons. The van der Waals surface area contributed by atoms with Crippen LogP contribution in [0.25, 0.3) is 22.2 Å². The summed E-state index contributed by atoms with van der Waals surface area (Å²) in [6, 6.07) is 4.71. The highest BCUT2D eigenvalue weighted by atomic mass is 16.5. The Kier molecular flexibility index (Phi) is 4.83. The van der Waals surface area contributed by atoms with E-state index in [2.05, 4.69) is 15.6 Å². The van der Waals surface area contributed by atoms with Crippen molar-refractivity contribution in [3.63, 3.8) is 0 Å². The van der Waals surface area contributed by atoms with Crippen LogP contribution in [-0.2, 0) is 9.53 Å². The van der Waals surface area contributed by atoms with Crippen LogP contribution in [0.3, 0.4) is 0 Å². The van der Waals surface area contributed by atoms with Crippen molar-refractivity contribution in [3.8, 4) is 11.1 Å². The van der Waals surface area contributed by atoms with Gasteiger partial charge < -0.3 is 19.7 Å². The molecular formula is C16H17N5O5. The van der Waals surface area contributed by atoms with Gasteiger partial charge in [0.15, 0.2) is 5.52 Å². The van der Waals surface area contributed by atoms with E-state index < -0.39 is 5.97 Å². The molecule has 10 heteroatoms. The van der Waals surface area contributed by atoms with Crippen molar-refractivity contribution in [1.29, 1.82) is 0 Å². The smallest absolute Gasteiger partial charge is 0.460 e. The molecule has 0 saturated carbocycles. The van der Waals surface area contributed by atoms with Gasteiger partial charge in [0, 0.05) is 16.5 Å². The molecular weight excluding hydrogens is 342 g/mol. The molecule has 2 aromatic heterocycles. The summed E-state index contributed by atoms with van der Waals surface area (Å²) in [4.78, 5) is 11.9. The highest BCUT2D eigenvalue weighted by Crippen LogP contribution is 2.21. The monoisotopic (exact) mass is 359 g/mol. The Morgan fingerprint density at radius 2 is 2.12 bits per heavy atom. The van der Waals surface area contributed by atoms with Crippen molar-refractivity contribution < 1.29 is 23.6 Å². The van der Waals surface area contributed by atoms with E-state index in [4.69, 9.17) is 9.26 Å². The summed E-state index contributed by atoms with van der Waals surface area (Å²) in [5, 5.41) is 34.6. The number of esters is 1. The molecule has 3 aromatic rings. The third-order valence-corrected chi connectivity index (χ3v) is 3.52. The second kappa shape index (κ2) is 7.21. The first-order chi connectivity index (χ1) is 12.5. The van der Waals surface area contributed by atoms with Crippen LogP contribution in [0.2, 0.25) is 0 Å². The lowest BCUT2D eigenvalue weighted by molar-refractivity contribution is -0.672. The fourth-order valence-electron chi connectivity index (χ4n) is 2.38. The number of rotatable bonds is 6. The number of carbonyl (C=O) groups excluding carboxylic acids is 1. The molecule has 0 fully saturated rings. The van der Waals surface area contributed by atoms with Gasteiger partial charge in [-0.2, -0.15) is 0 Å². The average molecular weight is 359 g/mol. The predicted molar refractivity (Wildman–Crippen MR) is 89.5 cm³/mol. The summed E-state index contributed by atoms with van der Waals surface area (Å²) in [6.07, 6.45) is 2.76. The Morgan fingerprint density at radius 1 is 1.31 bits per heavy atom. The minimum absolute atomic E-state index is 0.0448. The Hall–Kier alpha value is -3.43. The number of hydrogen-bond donors (Lipinski definition) is 1. The number of aromatic nitrogens is 4. The van der Waals surface area contributed by atoms with E-state index in [-0.39, 0.29) is 36.1 Å². The first kappa shape index (κ1) is 17.4. The van der Waals surface area contributed by atoms with E-state index in [1.807, 2.05) is 0 Å². The molecule has 0 spiro atoms. The SMILES string of the molecule is CC(C)OC(=O)CCNc1n[n+]([O-])c2cc(-c3cnoc3)ccc2[n+]1[O-]. The number of nitrogens with one attached hydrogen (secondary N) is 1. The number of ether oxygens (including phenoxy) is 1. The molecule has 2 heterocycles. The van der Waals surface area contributed by atoms with Gasteiger partial charge in [0.05, 0.1) is 25.3 Å². The summed E-state index contributed by atoms with van der Waals surface area (Å²) in [5.41, 5.74) is 1.59. The van der Waals surface area contributed by atoms with Gasteiger partial charge in [-0.1, -0.05) is 11.2 Å². The summed E-state index contributed by atoms with van der Waals surface area (Å²) in [5.74, 6) is -0.596. The lowest BCUT2D eigenvalue weighted by Gasteiger charge is -2.11. The maximum absolute atomic E-state index is 12.4. The van der Waals surface area contributed by atoms with E-state index >= 15 is 0 Å². The van der Waals surface area contributed by atoms with Gasteiger partial charge in [-0.3, -0.25) is 10.1 Å². The molecule has 10 nitrogen and oxygen atoms in total. The fraction of sp³-hybridized carbons (Fsp3) is 0.312. The number of anilines is 1. The summed E-state index contributed by atoms with van der Waals surface area (Å²) in [7, 11) is 0. The van der Waals surface area contributed by atoms with Crippen LogP contribution in [0.5, 0.6) is 0 Å². The van der Waals surface area contributed by atoms with Crippen LogP contribution in [0, 0.1) is 10.4 Å². The molecule has 0 saturated heterocycles. The van der Waals surface area contributed by atoms with Crippen LogP contribution < -0.4 is 14.9 Å². The zero-order chi connectivity index (χ0) is 18.7. The van der Waals surface area contributed by atoms with Crippen molar-refractivity contribution in [1.82, 2.24) is 10.3 Å². The van der Waals surface area contributed by atoms with Crippen LogP contribution >= 0.6 is 0 Å². The van der Waals surface area contributed by atoms with Gasteiger partial charge in [-0.05, 0) is 25.5 Å². The van der Waals surface area contributed by atoms with Crippen LogP contribution in [0.15, 0.2) is 35.2 Å². The van der Waals surface area contributed by atoms with Gasteiger partial charge in [-0.15, -0.1) is 0 Å². The van der Waals surface area contributed by atoms with Gasteiger partial charge in [0.1, 0.15) is 6.26 Å². The summed E-state index contributed by atoms with van der Waals surface area (Å²) in [6.45, 7) is 3.61. The van der Waals surface area contributed by atoms with E-state index in [1.54, 1.807) is 19.9 Å². The zero-order valence-electron chi connectivity index (χ0n) is 14.2. The van der Waals surface area contributed by atoms with Crippen molar-refractivity contribution in [2.24, 2.45) is 0 Å². The first-order valence-electron chi connectivity index (χ1n) is 7.96. The van der Waals surface area contributed by atoms with Gasteiger partial charge in [0.25, 0.3) is 5.52 Å². The Labute approximate surface area is 148 Å². The molecule has 3 rings (SSSR count). The molecule has 0 amide bonds. The van der Waals surface area contributed by atoms with Crippen LogP contribution in [-0.4, -0.2) is 28.9 Å². The lowest BCUT2D eigenvalue weighted by atomic mass is 10.1. The predicted octanol–water partition coefficient (Wildman–Crippen LogP) is 0.910. The standard InChI is InChI=1S/C16H17N5O5/c1-10(2)26-15(22)5-6-17-16-19-21(24)14-7-11(12-8-18-25-9-12)3-4-13(14)20(16)23/h3-4,7-10H,5-6H2,1-2H3,(H,17,19). The van der Waals surface area contributed by atoms with Gasteiger partial charge >= 0.3 is 11.9 Å². The number of carbonyl (C=O) groups is 1. The summed E-state index contributed by atoms with van der Waals surface area (Å²) >= 11 is 0. The zero-order valence-corrected chi connectivity index (χ0v) is 14.2. The van der Waals surface area contributed by atoms with E-state index in [1.165, 1.54) is 24.6 Å². The van der Waals surface area contributed by atoms with Gasteiger partial charge in [0.2, 0.25) is 5.10 Å².